The summed E-state index contributed by atoms with van der Waals surface area (Å²) in [6.45, 7) is 0.736. The second-order valence-electron chi connectivity index (χ2n) is 5.66. The summed E-state index contributed by atoms with van der Waals surface area (Å²) in [5, 5.41) is 6.92. The van der Waals surface area contributed by atoms with Crippen molar-refractivity contribution in [3.63, 3.8) is 0 Å². The number of carbonyl (C=O) groups is 1. The van der Waals surface area contributed by atoms with Gasteiger partial charge in [-0.05, 0) is 28.8 Å². The monoisotopic (exact) mass is 346 g/mol. The number of rotatable bonds is 7. The van der Waals surface area contributed by atoms with Crippen molar-refractivity contribution in [1.82, 2.24) is 9.62 Å². The van der Waals surface area contributed by atoms with Crippen molar-refractivity contribution in [2.24, 2.45) is 5.92 Å². The van der Waals surface area contributed by atoms with Crippen LogP contribution in [0.5, 0.6) is 0 Å². The molecule has 0 bridgehead atoms. The molecule has 8 heteroatoms. The van der Waals surface area contributed by atoms with E-state index in [0.29, 0.717) is 26.1 Å². The number of sulfonamides is 1. The van der Waals surface area contributed by atoms with Crippen molar-refractivity contribution in [3.8, 4) is 0 Å². The third-order valence-corrected chi connectivity index (χ3v) is 6.44. The predicted octanol–water partition coefficient (Wildman–Crippen LogP) is 0.703. The van der Waals surface area contributed by atoms with Crippen LogP contribution in [0.2, 0.25) is 0 Å². The van der Waals surface area contributed by atoms with Gasteiger partial charge in [0, 0.05) is 26.4 Å². The Bertz CT molecular complexity index is 584. The molecule has 1 aliphatic rings. The molecular weight excluding hydrogens is 324 g/mol. The summed E-state index contributed by atoms with van der Waals surface area (Å²) in [5.41, 5.74) is 1.15. The molecule has 2 atom stereocenters. The van der Waals surface area contributed by atoms with Gasteiger partial charge in [0.05, 0.1) is 25.0 Å². The van der Waals surface area contributed by atoms with Gasteiger partial charge in [-0.25, -0.2) is 12.7 Å². The van der Waals surface area contributed by atoms with Crippen molar-refractivity contribution in [2.45, 2.75) is 18.9 Å². The third-order valence-electron chi connectivity index (χ3n) is 3.75. The van der Waals surface area contributed by atoms with Gasteiger partial charge in [-0.2, -0.15) is 11.3 Å². The van der Waals surface area contributed by atoms with Gasteiger partial charge < -0.3 is 10.1 Å². The standard InChI is InChI=1S/C14H22N2O4S2/c1-16(2)22(18,19)10-12-7-20-8-13(12)15-14(17)4-3-11-5-6-21-9-11/h5-6,9,12-13H,3-4,7-8,10H2,1-2H3,(H,15,17). The van der Waals surface area contributed by atoms with Gasteiger partial charge in [0.2, 0.25) is 15.9 Å². The number of aryl methyl sites for hydroxylation is 1. The number of nitrogens with one attached hydrogen (secondary N) is 1. The van der Waals surface area contributed by atoms with Crippen LogP contribution >= 0.6 is 11.3 Å². The average molecular weight is 346 g/mol. The van der Waals surface area contributed by atoms with Crippen LogP contribution in [-0.2, 0) is 26.0 Å². The van der Waals surface area contributed by atoms with Crippen LogP contribution < -0.4 is 5.32 Å². The normalized spacial score (nSPS) is 22.1. The molecule has 6 nitrogen and oxygen atoms in total. The summed E-state index contributed by atoms with van der Waals surface area (Å²) < 4.78 is 30.5. The molecule has 2 rings (SSSR count). The highest BCUT2D eigenvalue weighted by atomic mass is 32.2. The molecule has 0 aliphatic carbocycles. The first kappa shape index (κ1) is 17.4. The van der Waals surface area contributed by atoms with E-state index in [1.54, 1.807) is 11.3 Å². The molecule has 1 saturated heterocycles. The van der Waals surface area contributed by atoms with Crippen LogP contribution in [0.3, 0.4) is 0 Å². The molecule has 1 amide bonds. The quantitative estimate of drug-likeness (QED) is 0.789. The second kappa shape index (κ2) is 7.54. The minimum Gasteiger partial charge on any atom is -0.379 e. The number of ether oxygens (including phenoxy) is 1. The Kier molecular flexibility index (Phi) is 5.96. The van der Waals surface area contributed by atoms with E-state index in [-0.39, 0.29) is 23.6 Å². The topological polar surface area (TPSA) is 75.7 Å². The molecule has 22 heavy (non-hydrogen) atoms. The fourth-order valence-electron chi connectivity index (χ4n) is 2.31. The number of thiophene rings is 1. The van der Waals surface area contributed by atoms with Crippen LogP contribution in [0.15, 0.2) is 16.8 Å². The summed E-state index contributed by atoms with van der Waals surface area (Å²) >= 11 is 1.61. The van der Waals surface area contributed by atoms with Gasteiger partial charge in [-0.15, -0.1) is 0 Å². The van der Waals surface area contributed by atoms with Gasteiger partial charge in [-0.1, -0.05) is 0 Å². The van der Waals surface area contributed by atoms with Crippen LogP contribution in [0.1, 0.15) is 12.0 Å². The average Bonchev–Trinajstić information content (AvgIpc) is 3.08. The Morgan fingerprint density at radius 3 is 2.86 bits per heavy atom. The molecule has 0 radical (unpaired) electrons. The number of nitrogens with zero attached hydrogens (tertiary/aromatic N) is 1. The van der Waals surface area contributed by atoms with Crippen LogP contribution in [-0.4, -0.2) is 57.7 Å². The van der Waals surface area contributed by atoms with Crippen LogP contribution in [0, 0.1) is 5.92 Å². The molecule has 1 aromatic rings. The lowest BCUT2D eigenvalue weighted by Crippen LogP contribution is -2.43. The number of hydrogen-bond donors (Lipinski definition) is 1. The molecule has 0 aromatic carbocycles. The van der Waals surface area contributed by atoms with Gasteiger partial charge in [0.15, 0.2) is 0 Å². The Balaban J connectivity index is 1.84. The van der Waals surface area contributed by atoms with Gasteiger partial charge in [0.25, 0.3) is 0 Å². The van der Waals surface area contributed by atoms with E-state index in [0.717, 1.165) is 5.56 Å². The minimum atomic E-state index is -3.29. The number of hydrogen-bond acceptors (Lipinski definition) is 5. The fourth-order valence-corrected chi connectivity index (χ4v) is 4.18. The first-order valence-corrected chi connectivity index (χ1v) is 9.72. The third kappa shape index (κ3) is 4.77. The minimum absolute atomic E-state index is 0.00449. The van der Waals surface area contributed by atoms with E-state index in [2.05, 4.69) is 5.32 Å². The lowest BCUT2D eigenvalue weighted by atomic mass is 10.1. The van der Waals surface area contributed by atoms with Crippen LogP contribution in [0.25, 0.3) is 0 Å². The predicted molar refractivity (Wildman–Crippen MR) is 86.4 cm³/mol. The zero-order chi connectivity index (χ0) is 16.2. The molecule has 0 spiro atoms. The van der Waals surface area contributed by atoms with Crippen molar-refractivity contribution in [2.75, 3.05) is 33.1 Å². The Morgan fingerprint density at radius 1 is 1.45 bits per heavy atom. The molecule has 1 aliphatic heterocycles. The van der Waals surface area contributed by atoms with E-state index < -0.39 is 10.0 Å². The number of carbonyl (C=O) groups excluding carboxylic acids is 1. The smallest absolute Gasteiger partial charge is 0.220 e. The maximum Gasteiger partial charge on any atom is 0.220 e. The summed E-state index contributed by atoms with van der Waals surface area (Å²) in [6.07, 6.45) is 1.10. The van der Waals surface area contributed by atoms with Gasteiger partial charge in [-0.3, -0.25) is 4.79 Å². The van der Waals surface area contributed by atoms with Crippen molar-refractivity contribution in [3.05, 3.63) is 22.4 Å². The van der Waals surface area contributed by atoms with Crippen molar-refractivity contribution < 1.29 is 17.9 Å². The Hall–Kier alpha value is -0.960. The van der Waals surface area contributed by atoms with Crippen LogP contribution in [0.4, 0.5) is 0 Å². The SMILES string of the molecule is CN(C)S(=O)(=O)CC1COCC1NC(=O)CCc1ccsc1. The first-order chi connectivity index (χ1) is 10.4. The van der Waals surface area contributed by atoms with Gasteiger partial charge >= 0.3 is 0 Å². The number of amides is 1. The highest BCUT2D eigenvalue weighted by molar-refractivity contribution is 7.89. The maximum atomic E-state index is 12.0. The first-order valence-electron chi connectivity index (χ1n) is 7.17. The van der Waals surface area contributed by atoms with E-state index in [9.17, 15) is 13.2 Å². The van der Waals surface area contributed by atoms with Crippen molar-refractivity contribution in [1.29, 1.82) is 0 Å². The Labute approximate surface area is 135 Å². The summed E-state index contributed by atoms with van der Waals surface area (Å²) in [5.74, 6) is -0.262. The largest absolute Gasteiger partial charge is 0.379 e. The zero-order valence-corrected chi connectivity index (χ0v) is 14.5. The summed E-state index contributed by atoms with van der Waals surface area (Å²) in [7, 11) is -0.268. The lowest BCUT2D eigenvalue weighted by Gasteiger charge is -2.21. The van der Waals surface area contributed by atoms with E-state index in [1.165, 1.54) is 18.4 Å². The highest BCUT2D eigenvalue weighted by Gasteiger charge is 2.33. The molecule has 2 heterocycles. The maximum absolute atomic E-state index is 12.0. The zero-order valence-electron chi connectivity index (χ0n) is 12.8. The Morgan fingerprint density at radius 2 is 2.23 bits per heavy atom. The van der Waals surface area contributed by atoms with Crippen molar-refractivity contribution >= 4 is 27.3 Å². The second-order valence-corrected chi connectivity index (χ2v) is 8.67. The van der Waals surface area contributed by atoms with E-state index >= 15 is 0 Å². The summed E-state index contributed by atoms with van der Waals surface area (Å²) in [4.78, 5) is 12.0. The molecule has 1 aromatic heterocycles. The fraction of sp³-hybridized carbons (Fsp3) is 0.643. The molecule has 2 unspecified atom stereocenters. The van der Waals surface area contributed by atoms with E-state index in [4.69, 9.17) is 4.74 Å². The van der Waals surface area contributed by atoms with E-state index in [1.807, 2.05) is 16.8 Å². The lowest BCUT2D eigenvalue weighted by molar-refractivity contribution is -0.121. The molecule has 0 saturated carbocycles. The molecular formula is C14H22N2O4S2. The molecule has 124 valence electrons. The van der Waals surface area contributed by atoms with Gasteiger partial charge in [0.1, 0.15) is 0 Å². The summed E-state index contributed by atoms with van der Waals surface area (Å²) in [6, 6.07) is 1.77. The molecule has 1 N–H and O–H groups in total. The highest BCUT2D eigenvalue weighted by Crippen LogP contribution is 2.17. The molecule has 1 fully saturated rings.